The summed E-state index contributed by atoms with van der Waals surface area (Å²) in [6.45, 7) is 4.02. The van der Waals surface area contributed by atoms with Crippen LogP contribution in [0, 0.1) is 6.92 Å². The third kappa shape index (κ3) is 3.89. The van der Waals surface area contributed by atoms with Crippen molar-refractivity contribution in [2.75, 3.05) is 6.54 Å². The Morgan fingerprint density at radius 1 is 1.08 bits per heavy atom. The molecule has 0 spiro atoms. The highest BCUT2D eigenvalue weighted by molar-refractivity contribution is 8.19. The Morgan fingerprint density at radius 3 is 2.35 bits per heavy atom. The largest absolute Gasteiger partial charge is 0.286 e. The van der Waals surface area contributed by atoms with Crippen LogP contribution < -0.4 is 0 Å². The second kappa shape index (κ2) is 7.47. The van der Waals surface area contributed by atoms with Crippen LogP contribution in [-0.4, -0.2) is 30.9 Å². The van der Waals surface area contributed by atoms with Gasteiger partial charge in [-0.3, -0.25) is 9.69 Å². The van der Waals surface area contributed by atoms with Crippen molar-refractivity contribution >= 4 is 38.9 Å². The van der Waals surface area contributed by atoms with Crippen molar-refractivity contribution in [3.05, 3.63) is 70.6 Å². The number of nitrogens with zero attached hydrogens (tertiary/aromatic N) is 2. The highest BCUT2D eigenvalue weighted by Gasteiger charge is 2.33. The summed E-state index contributed by atoms with van der Waals surface area (Å²) in [4.78, 5) is 14.5. The van der Waals surface area contributed by atoms with Crippen LogP contribution in [-0.2, 0) is 14.8 Å². The van der Waals surface area contributed by atoms with Gasteiger partial charge in [0.1, 0.15) is 0 Å². The van der Waals surface area contributed by atoms with E-state index in [4.69, 9.17) is 0 Å². The smallest absolute Gasteiger partial charge is 0.284 e. The molecule has 5 nitrogen and oxygen atoms in total. The lowest BCUT2D eigenvalue weighted by atomic mass is 10.2. The predicted octanol–water partition coefficient (Wildman–Crippen LogP) is 3.68. The Hall–Kier alpha value is -2.38. The average molecular weight is 386 g/mol. The first-order chi connectivity index (χ1) is 12.4. The van der Waals surface area contributed by atoms with Crippen LogP contribution in [0.4, 0.5) is 0 Å². The highest BCUT2D eigenvalue weighted by Crippen LogP contribution is 2.33. The van der Waals surface area contributed by atoms with Gasteiger partial charge in [-0.1, -0.05) is 48.0 Å². The summed E-state index contributed by atoms with van der Waals surface area (Å²) in [6, 6.07) is 15.9. The summed E-state index contributed by atoms with van der Waals surface area (Å²) in [5, 5.41) is 0.181. The number of amidine groups is 1. The molecule has 1 amide bonds. The molecule has 0 saturated carbocycles. The number of carbonyl (C=O) groups is 1. The van der Waals surface area contributed by atoms with Crippen molar-refractivity contribution in [2.45, 2.75) is 18.7 Å². The molecular weight excluding hydrogens is 368 g/mol. The number of aryl methyl sites for hydroxylation is 1. The fourth-order valence-electron chi connectivity index (χ4n) is 2.42. The van der Waals surface area contributed by atoms with E-state index < -0.39 is 10.0 Å². The quantitative estimate of drug-likeness (QED) is 0.752. The Morgan fingerprint density at radius 2 is 1.73 bits per heavy atom. The van der Waals surface area contributed by atoms with E-state index in [1.807, 2.05) is 37.3 Å². The first-order valence-electron chi connectivity index (χ1n) is 8.09. The van der Waals surface area contributed by atoms with Crippen LogP contribution in [0.15, 0.2) is 68.8 Å². The van der Waals surface area contributed by atoms with Gasteiger partial charge in [-0.2, -0.15) is 8.42 Å². The van der Waals surface area contributed by atoms with E-state index in [1.165, 1.54) is 17.0 Å². The number of likely N-dealkylation sites (N-methyl/N-ethyl adjacent to an activating group) is 1. The fraction of sp³-hybridized carbons (Fsp3) is 0.158. The van der Waals surface area contributed by atoms with Crippen molar-refractivity contribution in [3.63, 3.8) is 0 Å². The van der Waals surface area contributed by atoms with Gasteiger partial charge < -0.3 is 0 Å². The fourth-order valence-corrected chi connectivity index (χ4v) is 4.67. The van der Waals surface area contributed by atoms with E-state index in [-0.39, 0.29) is 16.0 Å². The molecule has 0 atom stereocenters. The molecule has 26 heavy (non-hydrogen) atoms. The maximum atomic E-state index is 12.6. The molecule has 1 saturated heterocycles. The molecule has 2 aromatic rings. The van der Waals surface area contributed by atoms with Crippen LogP contribution in [0.3, 0.4) is 0 Å². The number of hydrogen-bond acceptors (Lipinski definition) is 4. The Bertz CT molecular complexity index is 979. The van der Waals surface area contributed by atoms with E-state index in [1.54, 1.807) is 25.1 Å². The SMILES string of the molecule is CCN1C(=O)/C(=C/c2ccccc2)S/C1=N\S(=O)(=O)c1ccc(C)cc1. The second-order valence-electron chi connectivity index (χ2n) is 5.73. The van der Waals surface area contributed by atoms with Crippen LogP contribution >= 0.6 is 11.8 Å². The van der Waals surface area contributed by atoms with Gasteiger partial charge in [0, 0.05) is 6.54 Å². The number of hydrogen-bond donors (Lipinski definition) is 0. The maximum absolute atomic E-state index is 12.6. The predicted molar refractivity (Wildman–Crippen MR) is 105 cm³/mol. The summed E-state index contributed by atoms with van der Waals surface area (Å²) in [6.07, 6.45) is 1.75. The van der Waals surface area contributed by atoms with E-state index >= 15 is 0 Å². The van der Waals surface area contributed by atoms with Gasteiger partial charge in [-0.15, -0.1) is 4.40 Å². The molecule has 7 heteroatoms. The average Bonchev–Trinajstić information content (AvgIpc) is 2.90. The van der Waals surface area contributed by atoms with Crippen molar-refractivity contribution in [3.8, 4) is 0 Å². The molecule has 2 aromatic carbocycles. The van der Waals surface area contributed by atoms with Crippen molar-refractivity contribution in [2.24, 2.45) is 4.40 Å². The number of thioether (sulfide) groups is 1. The van der Waals surface area contributed by atoms with E-state index in [2.05, 4.69) is 4.40 Å². The van der Waals surface area contributed by atoms with Gasteiger partial charge in [0.2, 0.25) is 0 Å². The van der Waals surface area contributed by atoms with Crippen LogP contribution in [0.2, 0.25) is 0 Å². The molecule has 1 heterocycles. The molecule has 1 aliphatic rings. The van der Waals surface area contributed by atoms with Crippen LogP contribution in [0.1, 0.15) is 18.1 Å². The molecule has 1 fully saturated rings. The van der Waals surface area contributed by atoms with Gasteiger partial charge in [0.15, 0.2) is 5.17 Å². The van der Waals surface area contributed by atoms with Crippen LogP contribution in [0.25, 0.3) is 6.08 Å². The van der Waals surface area contributed by atoms with Gasteiger partial charge in [-0.25, -0.2) is 0 Å². The van der Waals surface area contributed by atoms with Gasteiger partial charge in [0.05, 0.1) is 9.80 Å². The highest BCUT2D eigenvalue weighted by atomic mass is 32.2. The lowest BCUT2D eigenvalue weighted by Gasteiger charge is -2.11. The molecule has 0 bridgehead atoms. The number of rotatable bonds is 4. The van der Waals surface area contributed by atoms with Crippen molar-refractivity contribution in [1.82, 2.24) is 4.90 Å². The Labute approximate surface area is 157 Å². The minimum absolute atomic E-state index is 0.111. The number of amides is 1. The monoisotopic (exact) mass is 386 g/mol. The molecule has 0 N–H and O–H groups in total. The first-order valence-corrected chi connectivity index (χ1v) is 10.3. The van der Waals surface area contributed by atoms with Gasteiger partial charge >= 0.3 is 0 Å². The lowest BCUT2D eigenvalue weighted by molar-refractivity contribution is -0.122. The lowest BCUT2D eigenvalue weighted by Crippen LogP contribution is -2.29. The number of benzene rings is 2. The molecule has 3 rings (SSSR count). The summed E-state index contributed by atoms with van der Waals surface area (Å²) in [5.74, 6) is -0.237. The summed E-state index contributed by atoms with van der Waals surface area (Å²) < 4.78 is 29.1. The number of sulfonamides is 1. The zero-order valence-corrected chi connectivity index (χ0v) is 16.0. The van der Waals surface area contributed by atoms with E-state index in [0.29, 0.717) is 11.4 Å². The Balaban J connectivity index is 1.96. The Kier molecular flexibility index (Phi) is 5.29. The minimum atomic E-state index is -3.88. The molecule has 0 unspecified atom stereocenters. The summed E-state index contributed by atoms with van der Waals surface area (Å²) in [7, 11) is -3.88. The zero-order chi connectivity index (χ0) is 18.7. The minimum Gasteiger partial charge on any atom is -0.286 e. The maximum Gasteiger partial charge on any atom is 0.284 e. The zero-order valence-electron chi connectivity index (χ0n) is 14.4. The topological polar surface area (TPSA) is 66.8 Å². The first kappa shape index (κ1) is 18.4. The number of carbonyl (C=O) groups excluding carboxylic acids is 1. The van der Waals surface area contributed by atoms with Crippen molar-refractivity contribution in [1.29, 1.82) is 0 Å². The van der Waals surface area contributed by atoms with Crippen molar-refractivity contribution < 1.29 is 13.2 Å². The molecule has 1 aliphatic heterocycles. The molecular formula is C19H18N2O3S2. The second-order valence-corrected chi connectivity index (χ2v) is 8.35. The normalized spacial score (nSPS) is 18.1. The molecule has 0 radical (unpaired) electrons. The summed E-state index contributed by atoms with van der Waals surface area (Å²) in [5.41, 5.74) is 1.84. The van der Waals surface area contributed by atoms with Gasteiger partial charge in [-0.05, 0) is 49.4 Å². The van der Waals surface area contributed by atoms with E-state index in [0.717, 1.165) is 22.9 Å². The van der Waals surface area contributed by atoms with Crippen LogP contribution in [0.5, 0.6) is 0 Å². The van der Waals surface area contributed by atoms with E-state index in [9.17, 15) is 13.2 Å². The third-order valence-electron chi connectivity index (χ3n) is 3.82. The third-order valence-corrected chi connectivity index (χ3v) is 6.22. The standard InChI is InChI=1S/C19H18N2O3S2/c1-3-21-18(22)17(13-15-7-5-4-6-8-15)25-19(21)20-26(23,24)16-11-9-14(2)10-12-16/h4-13H,3H2,1-2H3/b17-13-,20-19-. The van der Waals surface area contributed by atoms with Gasteiger partial charge in [0.25, 0.3) is 15.9 Å². The summed E-state index contributed by atoms with van der Waals surface area (Å²) >= 11 is 1.08. The molecule has 0 aromatic heterocycles. The molecule has 134 valence electrons. The molecule has 0 aliphatic carbocycles.